The van der Waals surface area contributed by atoms with Crippen molar-refractivity contribution in [1.82, 2.24) is 10.2 Å². The zero-order valence-corrected chi connectivity index (χ0v) is 13.2. The molecule has 5 heteroatoms. The summed E-state index contributed by atoms with van der Waals surface area (Å²) in [5.74, 6) is 0.299. The average molecular weight is 296 g/mol. The van der Waals surface area contributed by atoms with E-state index in [1.807, 2.05) is 18.7 Å². The second-order valence-electron chi connectivity index (χ2n) is 6.53. The molecule has 2 rings (SSSR count). The van der Waals surface area contributed by atoms with Gasteiger partial charge in [0.15, 0.2) is 0 Å². The molecule has 0 aromatic carbocycles. The van der Waals surface area contributed by atoms with E-state index >= 15 is 0 Å². The summed E-state index contributed by atoms with van der Waals surface area (Å²) in [5, 5.41) is 12.6. The minimum atomic E-state index is -0.514. The first-order valence-electron chi connectivity index (χ1n) is 8.27. The molecule has 5 nitrogen and oxygen atoms in total. The van der Waals surface area contributed by atoms with Crippen LogP contribution < -0.4 is 5.32 Å². The van der Waals surface area contributed by atoms with Gasteiger partial charge in [0.05, 0.1) is 18.1 Å². The summed E-state index contributed by atoms with van der Waals surface area (Å²) >= 11 is 0. The molecule has 1 heterocycles. The van der Waals surface area contributed by atoms with Crippen molar-refractivity contribution in [2.45, 2.75) is 57.9 Å². The van der Waals surface area contributed by atoms with Crippen LogP contribution in [0.25, 0.3) is 0 Å². The van der Waals surface area contributed by atoms with E-state index in [-0.39, 0.29) is 30.3 Å². The lowest BCUT2D eigenvalue weighted by atomic mass is 9.90. The minimum Gasteiger partial charge on any atom is -0.394 e. The summed E-state index contributed by atoms with van der Waals surface area (Å²) < 4.78 is 0. The molecule has 2 fully saturated rings. The zero-order chi connectivity index (χ0) is 15.5. The van der Waals surface area contributed by atoms with E-state index in [0.717, 1.165) is 32.2 Å². The zero-order valence-electron chi connectivity index (χ0n) is 13.2. The van der Waals surface area contributed by atoms with Crippen molar-refractivity contribution in [1.29, 1.82) is 0 Å². The molecular formula is C16H28N2O3. The van der Waals surface area contributed by atoms with Gasteiger partial charge in [-0.15, -0.1) is 0 Å². The van der Waals surface area contributed by atoms with Crippen molar-refractivity contribution in [3.05, 3.63) is 0 Å². The van der Waals surface area contributed by atoms with E-state index < -0.39 is 5.54 Å². The molecule has 1 saturated carbocycles. The predicted molar refractivity (Wildman–Crippen MR) is 80.6 cm³/mol. The number of amides is 2. The maximum Gasteiger partial charge on any atom is 0.225 e. The Morgan fingerprint density at radius 3 is 2.38 bits per heavy atom. The Morgan fingerprint density at radius 2 is 1.86 bits per heavy atom. The van der Waals surface area contributed by atoms with Crippen LogP contribution in [0.4, 0.5) is 0 Å². The van der Waals surface area contributed by atoms with Gasteiger partial charge in [0.2, 0.25) is 11.8 Å². The highest BCUT2D eigenvalue weighted by Crippen LogP contribution is 2.32. The van der Waals surface area contributed by atoms with Gasteiger partial charge in [0, 0.05) is 19.0 Å². The van der Waals surface area contributed by atoms with Crippen molar-refractivity contribution < 1.29 is 14.7 Å². The molecule has 2 aliphatic rings. The molecule has 2 amide bonds. The molecule has 0 aromatic heterocycles. The van der Waals surface area contributed by atoms with Gasteiger partial charge in [0.25, 0.3) is 0 Å². The Bertz CT molecular complexity index is 381. The fraction of sp³-hybridized carbons (Fsp3) is 0.875. The second kappa shape index (κ2) is 6.77. The van der Waals surface area contributed by atoms with E-state index in [4.69, 9.17) is 0 Å². The molecule has 1 saturated heterocycles. The smallest absolute Gasteiger partial charge is 0.225 e. The number of aliphatic hydroxyl groups is 1. The maximum atomic E-state index is 12.5. The number of piperidine rings is 1. The fourth-order valence-electron chi connectivity index (χ4n) is 3.03. The van der Waals surface area contributed by atoms with Crippen LogP contribution in [0.15, 0.2) is 0 Å². The summed E-state index contributed by atoms with van der Waals surface area (Å²) in [5.41, 5.74) is -0.514. The summed E-state index contributed by atoms with van der Waals surface area (Å²) in [4.78, 5) is 26.5. The first-order chi connectivity index (χ1) is 10.0. The SMILES string of the molecule is CCC(CC)(CO)NC(=O)C1CCCN(C(=O)C2CC2)C1. The van der Waals surface area contributed by atoms with Crippen LogP contribution >= 0.6 is 0 Å². The van der Waals surface area contributed by atoms with E-state index in [2.05, 4.69) is 5.32 Å². The highest BCUT2D eigenvalue weighted by atomic mass is 16.3. The van der Waals surface area contributed by atoms with Gasteiger partial charge in [-0.25, -0.2) is 0 Å². The standard InChI is InChI=1S/C16H28N2O3/c1-3-16(4-2,11-19)17-14(20)13-6-5-9-18(10-13)15(21)12-7-8-12/h12-13,19H,3-11H2,1-2H3,(H,17,20). The Morgan fingerprint density at radius 1 is 1.19 bits per heavy atom. The lowest BCUT2D eigenvalue weighted by Gasteiger charge is -2.36. The lowest BCUT2D eigenvalue weighted by Crippen LogP contribution is -2.55. The van der Waals surface area contributed by atoms with Crippen LogP contribution in [-0.2, 0) is 9.59 Å². The molecule has 1 aliphatic heterocycles. The molecule has 0 aromatic rings. The molecule has 1 atom stereocenters. The number of carbonyl (C=O) groups is 2. The Labute approximate surface area is 127 Å². The van der Waals surface area contributed by atoms with Crippen molar-refractivity contribution in [2.24, 2.45) is 11.8 Å². The average Bonchev–Trinajstić information content (AvgIpc) is 3.37. The number of hydrogen-bond donors (Lipinski definition) is 2. The van der Waals surface area contributed by atoms with Crippen molar-refractivity contribution in [2.75, 3.05) is 19.7 Å². The van der Waals surface area contributed by atoms with E-state index in [0.29, 0.717) is 19.4 Å². The third-order valence-corrected chi connectivity index (χ3v) is 5.08. The number of carbonyl (C=O) groups excluding carboxylic acids is 2. The van der Waals surface area contributed by atoms with E-state index in [1.54, 1.807) is 0 Å². The lowest BCUT2D eigenvalue weighted by molar-refractivity contribution is -0.137. The first-order valence-corrected chi connectivity index (χ1v) is 8.27. The Balaban J connectivity index is 1.93. The number of hydrogen-bond acceptors (Lipinski definition) is 3. The monoisotopic (exact) mass is 296 g/mol. The second-order valence-corrected chi connectivity index (χ2v) is 6.53. The van der Waals surface area contributed by atoms with E-state index in [9.17, 15) is 14.7 Å². The van der Waals surface area contributed by atoms with Crippen molar-refractivity contribution >= 4 is 11.8 Å². The van der Waals surface area contributed by atoms with Gasteiger partial charge in [-0.3, -0.25) is 9.59 Å². The number of aliphatic hydroxyl groups excluding tert-OH is 1. The summed E-state index contributed by atoms with van der Waals surface area (Å²) in [6, 6.07) is 0. The van der Waals surface area contributed by atoms with Gasteiger partial charge in [0.1, 0.15) is 0 Å². The van der Waals surface area contributed by atoms with Crippen LogP contribution in [0.5, 0.6) is 0 Å². The number of nitrogens with one attached hydrogen (secondary N) is 1. The van der Waals surface area contributed by atoms with Gasteiger partial charge in [-0.05, 0) is 38.5 Å². The highest BCUT2D eigenvalue weighted by Gasteiger charge is 2.38. The molecule has 1 aliphatic carbocycles. The quantitative estimate of drug-likeness (QED) is 0.776. The third kappa shape index (κ3) is 3.76. The van der Waals surface area contributed by atoms with Crippen LogP contribution in [0.2, 0.25) is 0 Å². The van der Waals surface area contributed by atoms with E-state index in [1.165, 1.54) is 0 Å². The maximum absolute atomic E-state index is 12.5. The molecule has 21 heavy (non-hydrogen) atoms. The van der Waals surface area contributed by atoms with Crippen LogP contribution in [-0.4, -0.2) is 47.1 Å². The number of likely N-dealkylation sites (tertiary alicyclic amines) is 1. The largest absolute Gasteiger partial charge is 0.394 e. The van der Waals surface area contributed by atoms with Crippen molar-refractivity contribution in [3.63, 3.8) is 0 Å². The normalized spacial score (nSPS) is 23.0. The highest BCUT2D eigenvalue weighted by molar-refractivity contribution is 5.83. The molecule has 0 bridgehead atoms. The van der Waals surface area contributed by atoms with Gasteiger partial charge in [-0.2, -0.15) is 0 Å². The fourth-order valence-corrected chi connectivity index (χ4v) is 3.03. The number of nitrogens with zero attached hydrogens (tertiary/aromatic N) is 1. The molecule has 0 spiro atoms. The molecule has 1 unspecified atom stereocenters. The molecule has 2 N–H and O–H groups in total. The topological polar surface area (TPSA) is 69.6 Å². The first kappa shape index (κ1) is 16.3. The van der Waals surface area contributed by atoms with Crippen LogP contribution in [0.3, 0.4) is 0 Å². The van der Waals surface area contributed by atoms with Crippen LogP contribution in [0.1, 0.15) is 52.4 Å². The Hall–Kier alpha value is -1.10. The molecule has 0 radical (unpaired) electrons. The third-order valence-electron chi connectivity index (χ3n) is 5.08. The molecule has 120 valence electrons. The van der Waals surface area contributed by atoms with Crippen LogP contribution in [0, 0.1) is 11.8 Å². The summed E-state index contributed by atoms with van der Waals surface area (Å²) in [6.45, 7) is 5.23. The Kier molecular flexibility index (Phi) is 5.25. The minimum absolute atomic E-state index is 0.0129. The predicted octanol–water partition coefficient (Wildman–Crippen LogP) is 1.30. The van der Waals surface area contributed by atoms with Crippen molar-refractivity contribution in [3.8, 4) is 0 Å². The molecular weight excluding hydrogens is 268 g/mol. The van der Waals surface area contributed by atoms with Gasteiger partial charge in [-0.1, -0.05) is 13.8 Å². The summed E-state index contributed by atoms with van der Waals surface area (Å²) in [6.07, 6.45) is 5.15. The van der Waals surface area contributed by atoms with Gasteiger partial charge >= 0.3 is 0 Å². The summed E-state index contributed by atoms with van der Waals surface area (Å²) in [7, 11) is 0. The van der Waals surface area contributed by atoms with Gasteiger partial charge < -0.3 is 15.3 Å². The number of rotatable bonds is 6.